The van der Waals surface area contributed by atoms with Crippen LogP contribution in [0.4, 0.5) is 0 Å². The summed E-state index contributed by atoms with van der Waals surface area (Å²) in [4.78, 5) is 10.4. The summed E-state index contributed by atoms with van der Waals surface area (Å²) >= 11 is 0. The zero-order valence-electron chi connectivity index (χ0n) is 5.93. The van der Waals surface area contributed by atoms with Crippen LogP contribution in [0.1, 0.15) is 6.92 Å². The molecule has 3 N–H and O–H groups in total. The SMILES string of the molecule is CN/C(C)=C(/C#N)C(N)=O. The van der Waals surface area contributed by atoms with Crippen LogP contribution >= 0.6 is 0 Å². The van der Waals surface area contributed by atoms with Gasteiger partial charge in [0.25, 0.3) is 5.91 Å². The highest BCUT2D eigenvalue weighted by Gasteiger charge is 2.05. The van der Waals surface area contributed by atoms with E-state index in [0.29, 0.717) is 5.70 Å². The fraction of sp³-hybridized carbons (Fsp3) is 0.333. The van der Waals surface area contributed by atoms with Gasteiger partial charge in [0.15, 0.2) is 0 Å². The van der Waals surface area contributed by atoms with Crippen molar-refractivity contribution in [1.29, 1.82) is 5.26 Å². The lowest BCUT2D eigenvalue weighted by atomic mass is 10.2. The van der Waals surface area contributed by atoms with Crippen LogP contribution in [0, 0.1) is 11.3 Å². The first kappa shape index (κ1) is 8.50. The number of carbonyl (C=O) groups excluding carboxylic acids is 1. The van der Waals surface area contributed by atoms with Crippen LogP contribution in [-0.4, -0.2) is 13.0 Å². The van der Waals surface area contributed by atoms with E-state index < -0.39 is 5.91 Å². The fourth-order valence-corrected chi connectivity index (χ4v) is 0.449. The molecule has 0 saturated carbocycles. The van der Waals surface area contributed by atoms with Crippen LogP contribution in [0.5, 0.6) is 0 Å². The van der Waals surface area contributed by atoms with Crippen LogP contribution < -0.4 is 11.1 Å². The first-order valence-corrected chi connectivity index (χ1v) is 2.72. The molecule has 0 aliphatic rings. The van der Waals surface area contributed by atoms with Gasteiger partial charge in [0.05, 0.1) is 0 Å². The Bertz CT molecular complexity index is 212. The van der Waals surface area contributed by atoms with Crippen LogP contribution in [0.2, 0.25) is 0 Å². The predicted molar refractivity (Wildman–Crippen MR) is 36.6 cm³/mol. The largest absolute Gasteiger partial charge is 0.390 e. The number of allylic oxidation sites excluding steroid dienone is 1. The van der Waals surface area contributed by atoms with Crippen LogP contribution in [0.15, 0.2) is 11.3 Å². The number of rotatable bonds is 2. The van der Waals surface area contributed by atoms with Gasteiger partial charge in [0, 0.05) is 12.7 Å². The normalized spacial score (nSPS) is 11.3. The van der Waals surface area contributed by atoms with Crippen molar-refractivity contribution in [2.24, 2.45) is 5.73 Å². The number of primary amides is 1. The van der Waals surface area contributed by atoms with Crippen molar-refractivity contribution < 1.29 is 4.79 Å². The van der Waals surface area contributed by atoms with Gasteiger partial charge < -0.3 is 11.1 Å². The van der Waals surface area contributed by atoms with Gasteiger partial charge in [-0.05, 0) is 6.92 Å². The summed E-state index contributed by atoms with van der Waals surface area (Å²) in [7, 11) is 1.62. The molecule has 10 heavy (non-hydrogen) atoms. The van der Waals surface area contributed by atoms with Gasteiger partial charge in [0.2, 0.25) is 0 Å². The summed E-state index contributed by atoms with van der Waals surface area (Å²) in [6.45, 7) is 1.61. The molecule has 0 rings (SSSR count). The number of nitriles is 1. The van der Waals surface area contributed by atoms with E-state index in [1.54, 1.807) is 20.0 Å². The highest BCUT2D eigenvalue weighted by atomic mass is 16.1. The molecule has 0 aromatic rings. The van der Waals surface area contributed by atoms with Gasteiger partial charge in [-0.1, -0.05) is 0 Å². The first-order chi connectivity index (χ1) is 4.63. The van der Waals surface area contributed by atoms with Gasteiger partial charge >= 0.3 is 0 Å². The molecular formula is C6H9N3O. The second-order valence-electron chi connectivity index (χ2n) is 1.73. The number of nitrogens with one attached hydrogen (secondary N) is 1. The Morgan fingerprint density at radius 1 is 1.70 bits per heavy atom. The summed E-state index contributed by atoms with van der Waals surface area (Å²) in [5.41, 5.74) is 5.33. The monoisotopic (exact) mass is 139 g/mol. The Labute approximate surface area is 59.3 Å². The molecule has 0 fully saturated rings. The lowest BCUT2D eigenvalue weighted by Gasteiger charge is -1.98. The molecule has 0 radical (unpaired) electrons. The van der Waals surface area contributed by atoms with E-state index in [0.717, 1.165) is 0 Å². The van der Waals surface area contributed by atoms with Crippen LogP contribution in [0.25, 0.3) is 0 Å². The number of nitrogens with two attached hydrogens (primary N) is 1. The summed E-state index contributed by atoms with van der Waals surface area (Å²) < 4.78 is 0. The molecule has 0 atom stereocenters. The third kappa shape index (κ3) is 1.78. The minimum Gasteiger partial charge on any atom is -0.390 e. The molecule has 0 bridgehead atoms. The minimum absolute atomic E-state index is 0.0255. The predicted octanol–water partition coefficient (Wildman–Crippen LogP) is -0.511. The molecule has 0 aliphatic heterocycles. The Morgan fingerprint density at radius 3 is 2.30 bits per heavy atom. The van der Waals surface area contributed by atoms with Crippen LogP contribution in [0.3, 0.4) is 0 Å². The van der Waals surface area contributed by atoms with Gasteiger partial charge in [-0.15, -0.1) is 0 Å². The molecule has 0 unspecified atom stereocenters. The third-order valence-electron chi connectivity index (χ3n) is 1.11. The fourth-order valence-electron chi connectivity index (χ4n) is 0.449. The van der Waals surface area contributed by atoms with Crippen molar-refractivity contribution in [2.75, 3.05) is 7.05 Å². The first-order valence-electron chi connectivity index (χ1n) is 2.72. The smallest absolute Gasteiger partial charge is 0.261 e. The molecule has 0 heterocycles. The van der Waals surface area contributed by atoms with E-state index in [-0.39, 0.29) is 5.57 Å². The highest BCUT2D eigenvalue weighted by molar-refractivity contribution is 5.96. The van der Waals surface area contributed by atoms with Gasteiger partial charge in [0.1, 0.15) is 11.6 Å². The lowest BCUT2D eigenvalue weighted by molar-refractivity contribution is -0.114. The van der Waals surface area contributed by atoms with Crippen molar-refractivity contribution in [2.45, 2.75) is 6.92 Å². The van der Waals surface area contributed by atoms with E-state index >= 15 is 0 Å². The minimum atomic E-state index is -0.700. The number of carbonyl (C=O) groups is 1. The average Bonchev–Trinajstić information content (AvgIpc) is 1.88. The number of hydrogen-bond donors (Lipinski definition) is 2. The third-order valence-corrected chi connectivity index (χ3v) is 1.11. The van der Waals surface area contributed by atoms with Crippen molar-refractivity contribution in [3.05, 3.63) is 11.3 Å². The van der Waals surface area contributed by atoms with Crippen molar-refractivity contribution in [3.8, 4) is 6.07 Å². The Balaban J connectivity index is 4.68. The highest BCUT2D eigenvalue weighted by Crippen LogP contribution is 1.96. The van der Waals surface area contributed by atoms with E-state index in [9.17, 15) is 4.79 Å². The zero-order valence-corrected chi connectivity index (χ0v) is 5.93. The van der Waals surface area contributed by atoms with Crippen molar-refractivity contribution >= 4 is 5.91 Å². The molecule has 0 saturated heterocycles. The molecule has 4 nitrogen and oxygen atoms in total. The Morgan fingerprint density at radius 2 is 2.20 bits per heavy atom. The number of hydrogen-bond acceptors (Lipinski definition) is 3. The van der Waals surface area contributed by atoms with E-state index in [1.165, 1.54) is 0 Å². The summed E-state index contributed by atoms with van der Waals surface area (Å²) in [5.74, 6) is -0.700. The van der Waals surface area contributed by atoms with E-state index in [4.69, 9.17) is 11.0 Å². The Kier molecular flexibility index (Phi) is 2.98. The summed E-state index contributed by atoms with van der Waals surface area (Å²) in [5, 5.41) is 11.0. The Hall–Kier alpha value is -1.50. The maximum atomic E-state index is 10.4. The summed E-state index contributed by atoms with van der Waals surface area (Å²) in [6, 6.07) is 1.69. The van der Waals surface area contributed by atoms with E-state index in [2.05, 4.69) is 5.32 Å². The molecule has 4 heteroatoms. The van der Waals surface area contributed by atoms with Crippen LogP contribution in [-0.2, 0) is 4.79 Å². The number of nitrogens with zero attached hydrogens (tertiary/aromatic N) is 1. The van der Waals surface area contributed by atoms with Gasteiger partial charge in [-0.3, -0.25) is 4.79 Å². The average molecular weight is 139 g/mol. The van der Waals surface area contributed by atoms with Crippen molar-refractivity contribution in [1.82, 2.24) is 5.32 Å². The van der Waals surface area contributed by atoms with E-state index in [1.807, 2.05) is 0 Å². The van der Waals surface area contributed by atoms with Gasteiger partial charge in [-0.25, -0.2) is 0 Å². The molecule has 0 aliphatic carbocycles. The standard InChI is InChI=1S/C6H9N3O/c1-4(9-2)5(3-7)6(8)10/h9H,1-2H3,(H2,8,10)/b5-4-. The second kappa shape index (κ2) is 3.51. The maximum absolute atomic E-state index is 10.4. The molecule has 54 valence electrons. The lowest BCUT2D eigenvalue weighted by Crippen LogP contribution is -2.18. The zero-order chi connectivity index (χ0) is 8.15. The topological polar surface area (TPSA) is 78.9 Å². The van der Waals surface area contributed by atoms with Crippen molar-refractivity contribution in [3.63, 3.8) is 0 Å². The molecule has 0 aromatic heterocycles. The molecular weight excluding hydrogens is 130 g/mol. The van der Waals surface area contributed by atoms with Gasteiger partial charge in [-0.2, -0.15) is 5.26 Å². The quantitative estimate of drug-likeness (QED) is 0.399. The number of amides is 1. The molecule has 0 aromatic carbocycles. The molecule has 1 amide bonds. The summed E-state index contributed by atoms with van der Waals surface area (Å²) in [6.07, 6.45) is 0. The second-order valence-corrected chi connectivity index (χ2v) is 1.73. The maximum Gasteiger partial charge on any atom is 0.261 e. The molecule has 0 spiro atoms.